The second kappa shape index (κ2) is 7.81. The van der Waals surface area contributed by atoms with Crippen molar-refractivity contribution in [2.24, 2.45) is 0 Å². The number of nitrogens with one attached hydrogen (secondary N) is 2. The highest BCUT2D eigenvalue weighted by Crippen LogP contribution is 2.30. The van der Waals surface area contributed by atoms with Crippen molar-refractivity contribution in [1.29, 1.82) is 5.41 Å². The number of benzene rings is 1. The van der Waals surface area contributed by atoms with Crippen LogP contribution in [0.2, 0.25) is 0 Å². The molecule has 1 aliphatic rings. The van der Waals surface area contributed by atoms with Gasteiger partial charge in [0.15, 0.2) is 23.7 Å². The molecular weight excluding hydrogens is 351 g/mol. The number of aliphatic hydroxyl groups is 1. The van der Waals surface area contributed by atoms with E-state index >= 15 is 0 Å². The summed E-state index contributed by atoms with van der Waals surface area (Å²) >= 11 is 0. The molecule has 6 nitrogen and oxygen atoms in total. The van der Waals surface area contributed by atoms with E-state index in [1.165, 1.54) is 12.4 Å². The van der Waals surface area contributed by atoms with Crippen LogP contribution in [0.3, 0.4) is 0 Å². The third-order valence-electron chi connectivity index (χ3n) is 3.93. The lowest BCUT2D eigenvalue weighted by Crippen LogP contribution is -2.32. The van der Waals surface area contributed by atoms with Crippen LogP contribution >= 0.6 is 0 Å². The lowest BCUT2D eigenvalue weighted by Gasteiger charge is -2.20. The Bertz CT molecular complexity index is 799. The Morgan fingerprint density at radius 2 is 1.85 bits per heavy atom. The lowest BCUT2D eigenvalue weighted by atomic mass is 10.0. The number of rotatable bonds is 5. The first-order valence-electron chi connectivity index (χ1n) is 7.79. The molecule has 1 saturated heterocycles. The zero-order chi connectivity index (χ0) is 18.7. The van der Waals surface area contributed by atoms with Crippen molar-refractivity contribution in [3.8, 4) is 0 Å². The van der Waals surface area contributed by atoms with E-state index in [0.29, 0.717) is 5.56 Å². The summed E-state index contributed by atoms with van der Waals surface area (Å²) in [6.07, 6.45) is 1.83. The van der Waals surface area contributed by atoms with Crippen molar-refractivity contribution in [3.05, 3.63) is 64.7 Å². The molecule has 1 atom stereocenters. The highest BCUT2D eigenvalue weighted by atomic mass is 19.2. The molecule has 3 rings (SSSR count). The summed E-state index contributed by atoms with van der Waals surface area (Å²) in [5, 5.41) is 20.2. The van der Waals surface area contributed by atoms with Crippen LogP contribution in [0.25, 0.3) is 0 Å². The van der Waals surface area contributed by atoms with Gasteiger partial charge in [-0.25, -0.2) is 13.2 Å². The van der Waals surface area contributed by atoms with Gasteiger partial charge in [0.25, 0.3) is 0 Å². The summed E-state index contributed by atoms with van der Waals surface area (Å²) in [7, 11) is 0. The highest BCUT2D eigenvalue weighted by molar-refractivity contribution is 5.97. The van der Waals surface area contributed by atoms with Crippen molar-refractivity contribution in [2.75, 3.05) is 19.8 Å². The number of ether oxygens (including phenoxy) is 2. The van der Waals surface area contributed by atoms with E-state index in [1.54, 1.807) is 12.1 Å². The molecular formula is C17H16F3N3O3. The molecule has 0 saturated carbocycles. The molecule has 1 aromatic carbocycles. The summed E-state index contributed by atoms with van der Waals surface area (Å²) in [6.45, 7) is -0.00901. The maximum Gasteiger partial charge on any atom is 0.195 e. The van der Waals surface area contributed by atoms with Gasteiger partial charge in [-0.1, -0.05) is 0 Å². The van der Waals surface area contributed by atoms with Crippen LogP contribution in [0.1, 0.15) is 29.0 Å². The monoisotopic (exact) mass is 367 g/mol. The second-order valence-corrected chi connectivity index (χ2v) is 5.56. The Labute approximate surface area is 147 Å². The minimum absolute atomic E-state index is 0.197. The van der Waals surface area contributed by atoms with Gasteiger partial charge in [0.1, 0.15) is 5.84 Å². The predicted molar refractivity (Wildman–Crippen MR) is 85.0 cm³/mol. The molecule has 1 aliphatic heterocycles. The Morgan fingerprint density at radius 3 is 2.46 bits per heavy atom. The van der Waals surface area contributed by atoms with E-state index in [4.69, 9.17) is 14.9 Å². The van der Waals surface area contributed by atoms with Gasteiger partial charge in [-0.15, -0.1) is 0 Å². The van der Waals surface area contributed by atoms with Crippen LogP contribution in [-0.4, -0.2) is 35.7 Å². The SMILES string of the molecule is N=C(NC(CO)c1ccncc1)c1cc(C2OCCO2)c(F)c(F)c1F. The number of hydrogen-bond acceptors (Lipinski definition) is 5. The number of amidine groups is 1. The molecule has 1 aromatic heterocycles. The maximum atomic E-state index is 14.2. The molecule has 0 radical (unpaired) electrons. The number of halogens is 3. The first kappa shape index (κ1) is 18.3. The van der Waals surface area contributed by atoms with E-state index in [9.17, 15) is 18.3 Å². The Hall–Kier alpha value is -2.49. The zero-order valence-corrected chi connectivity index (χ0v) is 13.5. The first-order chi connectivity index (χ1) is 12.5. The Balaban J connectivity index is 1.91. The largest absolute Gasteiger partial charge is 0.394 e. The van der Waals surface area contributed by atoms with E-state index in [2.05, 4.69) is 10.3 Å². The van der Waals surface area contributed by atoms with Gasteiger partial charge in [0, 0.05) is 18.0 Å². The fraction of sp³-hybridized carbons (Fsp3) is 0.294. The van der Waals surface area contributed by atoms with Gasteiger partial charge in [-0.3, -0.25) is 10.4 Å². The molecule has 1 unspecified atom stereocenters. The summed E-state index contributed by atoms with van der Waals surface area (Å²) in [5.74, 6) is -5.16. The Morgan fingerprint density at radius 1 is 1.19 bits per heavy atom. The quantitative estimate of drug-likeness (QED) is 0.428. The molecule has 0 bridgehead atoms. The minimum atomic E-state index is -1.72. The molecule has 9 heteroatoms. The van der Waals surface area contributed by atoms with Gasteiger partial charge in [0.2, 0.25) is 0 Å². The van der Waals surface area contributed by atoms with Crippen LogP contribution in [0.5, 0.6) is 0 Å². The van der Waals surface area contributed by atoms with Crippen LogP contribution in [0, 0.1) is 22.9 Å². The number of nitrogens with zero attached hydrogens (tertiary/aromatic N) is 1. The average molecular weight is 367 g/mol. The van der Waals surface area contributed by atoms with Gasteiger partial charge in [0.05, 0.1) is 31.4 Å². The van der Waals surface area contributed by atoms with Crippen LogP contribution in [0.4, 0.5) is 13.2 Å². The fourth-order valence-electron chi connectivity index (χ4n) is 2.60. The van der Waals surface area contributed by atoms with Crippen LogP contribution in [-0.2, 0) is 9.47 Å². The maximum absolute atomic E-state index is 14.2. The standard InChI is InChI=1S/C17H16F3N3O3/c18-13-10(7-11(14(19)15(13)20)17-25-5-6-26-17)16(21)23-12(8-24)9-1-3-22-4-2-9/h1-4,7,12,17,24H,5-6,8H2,(H2,21,23). The third-order valence-corrected chi connectivity index (χ3v) is 3.93. The van der Waals surface area contributed by atoms with Crippen molar-refractivity contribution in [1.82, 2.24) is 10.3 Å². The molecule has 2 aromatic rings. The normalized spacial score (nSPS) is 15.8. The molecule has 138 valence electrons. The summed E-state index contributed by atoms with van der Waals surface area (Å²) in [6, 6.07) is 3.43. The van der Waals surface area contributed by atoms with Crippen molar-refractivity contribution in [3.63, 3.8) is 0 Å². The van der Waals surface area contributed by atoms with Gasteiger partial charge < -0.3 is 19.9 Å². The second-order valence-electron chi connectivity index (χ2n) is 5.56. The van der Waals surface area contributed by atoms with Gasteiger partial charge in [-0.2, -0.15) is 0 Å². The molecule has 0 amide bonds. The van der Waals surface area contributed by atoms with Crippen LogP contribution < -0.4 is 5.32 Å². The number of pyridine rings is 1. The topological polar surface area (TPSA) is 87.5 Å². The number of aliphatic hydroxyl groups excluding tert-OH is 1. The highest BCUT2D eigenvalue weighted by Gasteiger charge is 2.29. The summed E-state index contributed by atoms with van der Waals surface area (Å²) < 4.78 is 52.5. The van der Waals surface area contributed by atoms with E-state index in [-0.39, 0.29) is 18.8 Å². The fourth-order valence-corrected chi connectivity index (χ4v) is 2.60. The Kier molecular flexibility index (Phi) is 5.50. The van der Waals surface area contributed by atoms with Gasteiger partial charge in [-0.05, 0) is 23.8 Å². The van der Waals surface area contributed by atoms with Crippen molar-refractivity contribution in [2.45, 2.75) is 12.3 Å². The van der Waals surface area contributed by atoms with E-state index in [1.807, 2.05) is 0 Å². The average Bonchev–Trinajstić information content (AvgIpc) is 3.19. The van der Waals surface area contributed by atoms with Crippen LogP contribution in [0.15, 0.2) is 30.6 Å². The number of aromatic nitrogens is 1. The zero-order valence-electron chi connectivity index (χ0n) is 13.5. The molecule has 0 aliphatic carbocycles. The summed E-state index contributed by atoms with van der Waals surface area (Å²) in [4.78, 5) is 3.85. The summed E-state index contributed by atoms with van der Waals surface area (Å²) in [5.41, 5.74) is -0.226. The van der Waals surface area contributed by atoms with Crippen molar-refractivity contribution < 1.29 is 27.8 Å². The number of hydrogen-bond donors (Lipinski definition) is 3. The van der Waals surface area contributed by atoms with E-state index < -0.39 is 47.8 Å². The third kappa shape index (κ3) is 3.55. The lowest BCUT2D eigenvalue weighted by molar-refractivity contribution is -0.0469. The van der Waals surface area contributed by atoms with Crippen molar-refractivity contribution >= 4 is 5.84 Å². The molecule has 2 heterocycles. The predicted octanol–water partition coefficient (Wildman–Crippen LogP) is 2.19. The first-order valence-corrected chi connectivity index (χ1v) is 7.79. The van der Waals surface area contributed by atoms with E-state index in [0.717, 1.165) is 6.07 Å². The molecule has 0 spiro atoms. The molecule has 3 N–H and O–H groups in total. The smallest absolute Gasteiger partial charge is 0.195 e. The van der Waals surface area contributed by atoms with Gasteiger partial charge >= 0.3 is 0 Å². The minimum Gasteiger partial charge on any atom is -0.394 e. The molecule has 1 fully saturated rings. The molecule has 26 heavy (non-hydrogen) atoms.